The fourth-order valence-electron chi connectivity index (χ4n) is 2.07. The van der Waals surface area contributed by atoms with Crippen molar-refractivity contribution in [1.82, 2.24) is 5.32 Å². The van der Waals surface area contributed by atoms with Gasteiger partial charge in [-0.1, -0.05) is 0 Å². The Morgan fingerprint density at radius 1 is 1.29 bits per heavy atom. The first-order valence-corrected chi connectivity index (χ1v) is 7.45. The van der Waals surface area contributed by atoms with Crippen molar-refractivity contribution in [2.24, 2.45) is 0 Å². The highest BCUT2D eigenvalue weighted by Gasteiger charge is 2.20. The third-order valence-electron chi connectivity index (χ3n) is 3.05. The molecule has 3 N–H and O–H groups in total. The zero-order chi connectivity index (χ0) is 18.3. The minimum Gasteiger partial charge on any atom is -0.496 e. The Bertz CT molecular complexity index is 618. The van der Waals surface area contributed by atoms with Gasteiger partial charge in [0.15, 0.2) is 13.1 Å². The van der Waals surface area contributed by atoms with Crippen LogP contribution in [0.1, 0.15) is 13.8 Å². The SMILES string of the molecule is COc1ccc(NC(=O)C[NH+](C)CC(=O)NC(C)C)c([N+](=O)[O-])c1. The van der Waals surface area contributed by atoms with Crippen LogP contribution in [0.25, 0.3) is 0 Å². The molecule has 0 aromatic heterocycles. The summed E-state index contributed by atoms with van der Waals surface area (Å²) in [5, 5.41) is 16.3. The van der Waals surface area contributed by atoms with E-state index in [9.17, 15) is 19.7 Å². The van der Waals surface area contributed by atoms with Crippen molar-refractivity contribution in [2.45, 2.75) is 19.9 Å². The summed E-state index contributed by atoms with van der Waals surface area (Å²) in [4.78, 5) is 34.8. The molecular formula is C15H23N4O5+. The quantitative estimate of drug-likeness (QED) is 0.440. The summed E-state index contributed by atoms with van der Waals surface area (Å²) in [6.07, 6.45) is 0. The molecule has 0 aliphatic heterocycles. The van der Waals surface area contributed by atoms with E-state index in [0.29, 0.717) is 10.6 Å². The average Bonchev–Trinajstić information content (AvgIpc) is 2.45. The Morgan fingerprint density at radius 2 is 1.92 bits per heavy atom. The lowest BCUT2D eigenvalue weighted by Gasteiger charge is -2.15. The molecule has 0 aliphatic carbocycles. The van der Waals surface area contributed by atoms with E-state index < -0.39 is 10.8 Å². The van der Waals surface area contributed by atoms with Gasteiger partial charge in [-0.05, 0) is 26.0 Å². The van der Waals surface area contributed by atoms with Gasteiger partial charge in [-0.3, -0.25) is 19.7 Å². The second kappa shape index (κ2) is 8.82. The first-order chi connectivity index (χ1) is 11.2. The number of nitrogens with zero attached hydrogens (tertiary/aromatic N) is 1. The molecule has 9 heteroatoms. The summed E-state index contributed by atoms with van der Waals surface area (Å²) >= 11 is 0. The smallest absolute Gasteiger partial charge is 0.296 e. The van der Waals surface area contributed by atoms with Crippen LogP contribution in [-0.2, 0) is 9.59 Å². The van der Waals surface area contributed by atoms with E-state index >= 15 is 0 Å². The summed E-state index contributed by atoms with van der Waals surface area (Å²) in [6, 6.07) is 4.20. The van der Waals surface area contributed by atoms with Crippen molar-refractivity contribution >= 4 is 23.2 Å². The van der Waals surface area contributed by atoms with E-state index in [1.807, 2.05) is 13.8 Å². The van der Waals surface area contributed by atoms with Crippen molar-refractivity contribution in [2.75, 3.05) is 32.6 Å². The number of methoxy groups -OCH3 is 1. The molecule has 24 heavy (non-hydrogen) atoms. The lowest BCUT2D eigenvalue weighted by atomic mass is 10.2. The molecule has 0 bridgehead atoms. The number of likely N-dealkylation sites (N-methyl/N-ethyl adjacent to an activating group) is 1. The van der Waals surface area contributed by atoms with Crippen molar-refractivity contribution in [3.63, 3.8) is 0 Å². The first kappa shape index (κ1) is 19.4. The normalized spacial score (nSPS) is 11.7. The van der Waals surface area contributed by atoms with E-state index in [2.05, 4.69) is 10.6 Å². The van der Waals surface area contributed by atoms with Crippen LogP contribution < -0.4 is 20.3 Å². The number of anilines is 1. The van der Waals surface area contributed by atoms with Crippen LogP contribution in [0.15, 0.2) is 18.2 Å². The largest absolute Gasteiger partial charge is 0.496 e. The van der Waals surface area contributed by atoms with Crippen molar-refractivity contribution in [1.29, 1.82) is 0 Å². The first-order valence-electron chi connectivity index (χ1n) is 7.45. The number of hydrogen-bond donors (Lipinski definition) is 3. The molecule has 0 fully saturated rings. The maximum absolute atomic E-state index is 12.0. The minimum atomic E-state index is -0.592. The molecule has 0 heterocycles. The Labute approximate surface area is 140 Å². The summed E-state index contributed by atoms with van der Waals surface area (Å²) in [5.41, 5.74) is -0.164. The van der Waals surface area contributed by atoms with Gasteiger partial charge >= 0.3 is 0 Å². The highest BCUT2D eigenvalue weighted by molar-refractivity contribution is 5.94. The van der Waals surface area contributed by atoms with Gasteiger partial charge in [0, 0.05) is 6.04 Å². The third kappa shape index (κ3) is 6.21. The number of nitro benzene ring substituents is 1. The fourth-order valence-corrected chi connectivity index (χ4v) is 2.07. The molecule has 1 unspecified atom stereocenters. The Kier molecular flexibility index (Phi) is 7.12. The molecule has 0 radical (unpaired) electrons. The van der Waals surface area contributed by atoms with E-state index in [1.54, 1.807) is 7.05 Å². The molecule has 0 aliphatic rings. The van der Waals surface area contributed by atoms with Crippen LogP contribution in [0.2, 0.25) is 0 Å². The maximum atomic E-state index is 12.0. The standard InChI is InChI=1S/C15H22N4O5/c1-10(2)16-14(20)8-18(3)9-15(21)17-12-6-5-11(24-4)7-13(12)19(22)23/h5-7,10H,8-9H2,1-4H3,(H,16,20)(H,17,21)/p+1. The Hall–Kier alpha value is -2.68. The molecule has 1 aromatic carbocycles. The van der Waals surface area contributed by atoms with Crippen LogP contribution in [-0.4, -0.2) is 50.0 Å². The molecule has 0 saturated heterocycles. The van der Waals surface area contributed by atoms with E-state index in [4.69, 9.17) is 4.74 Å². The molecule has 132 valence electrons. The Morgan fingerprint density at radius 3 is 2.46 bits per heavy atom. The molecule has 2 amide bonds. The monoisotopic (exact) mass is 339 g/mol. The second-order valence-corrected chi connectivity index (χ2v) is 5.72. The molecule has 1 atom stereocenters. The van der Waals surface area contributed by atoms with Gasteiger partial charge in [0.2, 0.25) is 0 Å². The van der Waals surface area contributed by atoms with Gasteiger partial charge < -0.3 is 20.3 Å². The number of ether oxygens (including phenoxy) is 1. The van der Waals surface area contributed by atoms with Gasteiger partial charge in [-0.15, -0.1) is 0 Å². The molecule has 9 nitrogen and oxygen atoms in total. The summed E-state index contributed by atoms with van der Waals surface area (Å²) in [5.74, 6) is -0.253. The van der Waals surface area contributed by atoms with Crippen molar-refractivity contribution < 1.29 is 24.1 Å². The van der Waals surface area contributed by atoms with Crippen molar-refractivity contribution in [3.8, 4) is 5.75 Å². The fraction of sp³-hybridized carbons (Fsp3) is 0.467. The van der Waals surface area contributed by atoms with Crippen LogP contribution in [0.3, 0.4) is 0 Å². The van der Waals surface area contributed by atoms with Gasteiger partial charge in [0.05, 0.1) is 25.1 Å². The molecule has 0 saturated carbocycles. The highest BCUT2D eigenvalue weighted by atomic mass is 16.6. The summed E-state index contributed by atoms with van der Waals surface area (Å²) < 4.78 is 4.94. The van der Waals surface area contributed by atoms with Gasteiger partial charge in [0.25, 0.3) is 17.5 Å². The average molecular weight is 339 g/mol. The lowest BCUT2D eigenvalue weighted by Crippen LogP contribution is -3.11. The van der Waals surface area contributed by atoms with Crippen LogP contribution in [0.4, 0.5) is 11.4 Å². The Balaban J connectivity index is 2.68. The predicted molar refractivity (Wildman–Crippen MR) is 88.2 cm³/mol. The zero-order valence-electron chi connectivity index (χ0n) is 14.2. The topological polar surface area (TPSA) is 115 Å². The summed E-state index contributed by atoms with van der Waals surface area (Å²) in [7, 11) is 3.10. The third-order valence-corrected chi connectivity index (χ3v) is 3.05. The van der Waals surface area contributed by atoms with E-state index in [-0.39, 0.29) is 36.4 Å². The minimum absolute atomic E-state index is 0.00863. The number of rotatable bonds is 8. The van der Waals surface area contributed by atoms with E-state index in [1.165, 1.54) is 25.3 Å². The highest BCUT2D eigenvalue weighted by Crippen LogP contribution is 2.28. The number of nitro groups is 1. The van der Waals surface area contributed by atoms with Gasteiger partial charge in [-0.2, -0.15) is 0 Å². The van der Waals surface area contributed by atoms with Gasteiger partial charge in [-0.25, -0.2) is 0 Å². The maximum Gasteiger partial charge on any atom is 0.296 e. The molecule has 1 rings (SSSR count). The number of carbonyl (C=O) groups excluding carboxylic acids is 2. The van der Waals surface area contributed by atoms with Crippen LogP contribution in [0.5, 0.6) is 5.75 Å². The number of hydrogen-bond acceptors (Lipinski definition) is 5. The predicted octanol–water partition coefficient (Wildman–Crippen LogP) is -0.419. The van der Waals surface area contributed by atoms with Crippen molar-refractivity contribution in [3.05, 3.63) is 28.3 Å². The molecular weight excluding hydrogens is 316 g/mol. The number of nitrogens with one attached hydrogen (secondary N) is 3. The second-order valence-electron chi connectivity index (χ2n) is 5.72. The summed E-state index contributed by atoms with van der Waals surface area (Å²) in [6.45, 7) is 3.84. The number of amides is 2. The zero-order valence-corrected chi connectivity index (χ0v) is 14.2. The number of benzene rings is 1. The number of carbonyl (C=O) groups is 2. The molecule has 1 aromatic rings. The van der Waals surface area contributed by atoms with Crippen LogP contribution in [0, 0.1) is 10.1 Å². The van der Waals surface area contributed by atoms with Gasteiger partial charge in [0.1, 0.15) is 11.4 Å². The van der Waals surface area contributed by atoms with E-state index in [0.717, 1.165) is 0 Å². The lowest BCUT2D eigenvalue weighted by molar-refractivity contribution is -0.862. The number of quaternary nitrogens is 1. The van der Waals surface area contributed by atoms with Crippen LogP contribution >= 0.6 is 0 Å². The molecule has 0 spiro atoms.